The number of nitrogens with zero attached hydrogens (tertiary/aromatic N) is 2. The van der Waals surface area contributed by atoms with Gasteiger partial charge in [0.1, 0.15) is 5.69 Å². The van der Waals surface area contributed by atoms with Gasteiger partial charge >= 0.3 is 0 Å². The van der Waals surface area contributed by atoms with Gasteiger partial charge in [-0.15, -0.1) is 0 Å². The Morgan fingerprint density at radius 1 is 1.00 bits per heavy atom. The minimum atomic E-state index is -0.102. The summed E-state index contributed by atoms with van der Waals surface area (Å²) in [5, 5.41) is 3.08. The van der Waals surface area contributed by atoms with Crippen LogP contribution < -0.4 is 5.32 Å². The predicted octanol–water partition coefficient (Wildman–Crippen LogP) is 3.85. The standard InChI is InChI=1S/C24H29N3O2/c28-23(26-21-8-4-5-9-21)20-10-13-25-22(17-20)24(29)27-14-11-19(12-15-27)16-18-6-2-1-3-7-18/h1-3,6-7,10,13,17,19,21H,4-5,8-9,11-12,14-16H2,(H,26,28). The molecule has 2 amide bonds. The largest absolute Gasteiger partial charge is 0.349 e. The smallest absolute Gasteiger partial charge is 0.272 e. The van der Waals surface area contributed by atoms with Crippen molar-refractivity contribution >= 4 is 11.8 Å². The highest BCUT2D eigenvalue weighted by molar-refractivity contribution is 5.98. The molecule has 0 bridgehead atoms. The van der Waals surface area contributed by atoms with Crippen LogP contribution in [0.25, 0.3) is 0 Å². The summed E-state index contributed by atoms with van der Waals surface area (Å²) < 4.78 is 0. The van der Waals surface area contributed by atoms with Crippen LogP contribution in [0.3, 0.4) is 0 Å². The predicted molar refractivity (Wildman–Crippen MR) is 113 cm³/mol. The minimum Gasteiger partial charge on any atom is -0.349 e. The maximum absolute atomic E-state index is 12.9. The summed E-state index contributed by atoms with van der Waals surface area (Å²) in [5.41, 5.74) is 2.25. The quantitative estimate of drug-likeness (QED) is 0.842. The molecule has 0 spiro atoms. The van der Waals surface area contributed by atoms with Gasteiger partial charge in [-0.25, -0.2) is 0 Å². The molecule has 4 rings (SSSR count). The molecule has 152 valence electrons. The van der Waals surface area contributed by atoms with E-state index < -0.39 is 0 Å². The Balaban J connectivity index is 1.33. The SMILES string of the molecule is O=C(NC1CCCC1)c1ccnc(C(=O)N2CCC(Cc3ccccc3)CC2)c1. The summed E-state index contributed by atoms with van der Waals surface area (Å²) in [6.07, 6.45) is 9.07. The highest BCUT2D eigenvalue weighted by Crippen LogP contribution is 2.23. The number of rotatable bonds is 5. The van der Waals surface area contributed by atoms with Gasteiger partial charge in [-0.1, -0.05) is 43.2 Å². The van der Waals surface area contributed by atoms with E-state index in [1.165, 1.54) is 18.4 Å². The molecule has 5 nitrogen and oxygen atoms in total. The fourth-order valence-corrected chi connectivity index (χ4v) is 4.48. The van der Waals surface area contributed by atoms with Crippen LogP contribution in [0.15, 0.2) is 48.7 Å². The molecular weight excluding hydrogens is 362 g/mol. The highest BCUT2D eigenvalue weighted by Gasteiger charge is 2.25. The molecule has 1 aliphatic heterocycles. The van der Waals surface area contributed by atoms with Gasteiger partial charge < -0.3 is 10.2 Å². The normalized spacial score (nSPS) is 18.0. The van der Waals surface area contributed by atoms with Gasteiger partial charge in [0.05, 0.1) is 0 Å². The van der Waals surface area contributed by atoms with E-state index >= 15 is 0 Å². The lowest BCUT2D eigenvalue weighted by atomic mass is 9.90. The van der Waals surface area contributed by atoms with E-state index in [9.17, 15) is 9.59 Å². The average Bonchev–Trinajstić information content (AvgIpc) is 3.28. The molecule has 29 heavy (non-hydrogen) atoms. The average molecular weight is 392 g/mol. The Labute approximate surface area is 172 Å². The number of benzene rings is 1. The van der Waals surface area contributed by atoms with Gasteiger partial charge in [-0.05, 0) is 55.7 Å². The third kappa shape index (κ3) is 5.03. The fraction of sp³-hybridized carbons (Fsp3) is 0.458. The molecule has 5 heteroatoms. The number of pyridine rings is 1. The summed E-state index contributed by atoms with van der Waals surface area (Å²) in [5.74, 6) is 0.437. The third-order valence-corrected chi connectivity index (χ3v) is 6.20. The molecule has 2 aromatic rings. The van der Waals surface area contributed by atoms with Crippen LogP contribution >= 0.6 is 0 Å². The van der Waals surface area contributed by atoms with Gasteiger partial charge in [0.25, 0.3) is 11.8 Å². The summed E-state index contributed by atoms with van der Waals surface area (Å²) in [4.78, 5) is 31.5. The van der Waals surface area contributed by atoms with Crippen LogP contribution in [0, 0.1) is 5.92 Å². The molecule has 0 atom stereocenters. The zero-order chi connectivity index (χ0) is 20.1. The maximum atomic E-state index is 12.9. The minimum absolute atomic E-state index is 0.0707. The number of piperidine rings is 1. The molecule has 1 saturated heterocycles. The summed E-state index contributed by atoms with van der Waals surface area (Å²) in [6.45, 7) is 1.49. The number of likely N-dealkylation sites (tertiary alicyclic amines) is 1. The Bertz CT molecular complexity index is 838. The van der Waals surface area contributed by atoms with Crippen LogP contribution in [-0.2, 0) is 6.42 Å². The van der Waals surface area contributed by atoms with Crippen molar-refractivity contribution in [1.29, 1.82) is 0 Å². The molecule has 0 unspecified atom stereocenters. The molecule has 1 N–H and O–H groups in total. The topological polar surface area (TPSA) is 62.3 Å². The Hall–Kier alpha value is -2.69. The molecule has 1 aromatic carbocycles. The van der Waals surface area contributed by atoms with Gasteiger partial charge in [0.2, 0.25) is 0 Å². The maximum Gasteiger partial charge on any atom is 0.272 e. The number of aromatic nitrogens is 1. The van der Waals surface area contributed by atoms with Crippen LogP contribution in [-0.4, -0.2) is 40.8 Å². The molecule has 2 aliphatic rings. The van der Waals surface area contributed by atoms with E-state index in [0.29, 0.717) is 17.2 Å². The second-order valence-corrected chi connectivity index (χ2v) is 8.31. The number of amides is 2. The van der Waals surface area contributed by atoms with Crippen molar-refractivity contribution in [1.82, 2.24) is 15.2 Å². The van der Waals surface area contributed by atoms with E-state index in [4.69, 9.17) is 0 Å². The van der Waals surface area contributed by atoms with Crippen molar-refractivity contribution in [3.63, 3.8) is 0 Å². The number of nitrogens with one attached hydrogen (secondary N) is 1. The zero-order valence-corrected chi connectivity index (χ0v) is 16.8. The van der Waals surface area contributed by atoms with Crippen LogP contribution in [0.4, 0.5) is 0 Å². The van der Waals surface area contributed by atoms with E-state index in [-0.39, 0.29) is 17.9 Å². The van der Waals surface area contributed by atoms with Gasteiger partial charge in [0.15, 0.2) is 0 Å². The van der Waals surface area contributed by atoms with Crippen molar-refractivity contribution in [2.75, 3.05) is 13.1 Å². The Kier molecular flexibility index (Phi) is 6.23. The summed E-state index contributed by atoms with van der Waals surface area (Å²) >= 11 is 0. The number of carbonyl (C=O) groups excluding carboxylic acids is 2. The lowest BCUT2D eigenvalue weighted by molar-refractivity contribution is 0.0684. The van der Waals surface area contributed by atoms with E-state index in [0.717, 1.165) is 45.2 Å². The first-order chi connectivity index (χ1) is 14.2. The number of carbonyl (C=O) groups is 2. The Morgan fingerprint density at radius 3 is 2.45 bits per heavy atom. The monoisotopic (exact) mass is 391 g/mol. The van der Waals surface area contributed by atoms with Crippen LogP contribution in [0.5, 0.6) is 0 Å². The summed E-state index contributed by atoms with van der Waals surface area (Å²) in [6, 6.07) is 14.1. The Morgan fingerprint density at radius 2 is 1.72 bits per heavy atom. The van der Waals surface area contributed by atoms with E-state index in [1.54, 1.807) is 18.3 Å². The second kappa shape index (κ2) is 9.21. The van der Waals surface area contributed by atoms with Crippen molar-refractivity contribution in [3.05, 3.63) is 65.5 Å². The van der Waals surface area contributed by atoms with E-state index in [1.807, 2.05) is 11.0 Å². The fourth-order valence-electron chi connectivity index (χ4n) is 4.48. The lowest BCUT2D eigenvalue weighted by Gasteiger charge is -2.32. The van der Waals surface area contributed by atoms with Crippen molar-refractivity contribution in [2.45, 2.75) is 51.0 Å². The van der Waals surface area contributed by atoms with Crippen molar-refractivity contribution < 1.29 is 9.59 Å². The van der Waals surface area contributed by atoms with Crippen LogP contribution in [0.1, 0.15) is 64.9 Å². The first-order valence-corrected chi connectivity index (χ1v) is 10.8. The van der Waals surface area contributed by atoms with Crippen molar-refractivity contribution in [2.24, 2.45) is 5.92 Å². The molecule has 1 aromatic heterocycles. The van der Waals surface area contributed by atoms with Gasteiger partial charge in [0, 0.05) is 30.9 Å². The third-order valence-electron chi connectivity index (χ3n) is 6.20. The highest BCUT2D eigenvalue weighted by atomic mass is 16.2. The number of hydrogen-bond acceptors (Lipinski definition) is 3. The van der Waals surface area contributed by atoms with E-state index in [2.05, 4.69) is 34.6 Å². The van der Waals surface area contributed by atoms with Crippen LogP contribution in [0.2, 0.25) is 0 Å². The lowest BCUT2D eigenvalue weighted by Crippen LogP contribution is -2.39. The zero-order valence-electron chi connectivity index (χ0n) is 16.8. The molecule has 2 fully saturated rings. The van der Waals surface area contributed by atoms with Gasteiger partial charge in [-0.3, -0.25) is 14.6 Å². The van der Waals surface area contributed by atoms with Crippen molar-refractivity contribution in [3.8, 4) is 0 Å². The first kappa shape index (κ1) is 19.6. The molecule has 1 aliphatic carbocycles. The molecule has 0 radical (unpaired) electrons. The molecular formula is C24H29N3O2. The number of hydrogen-bond donors (Lipinski definition) is 1. The van der Waals surface area contributed by atoms with Gasteiger partial charge in [-0.2, -0.15) is 0 Å². The summed E-state index contributed by atoms with van der Waals surface area (Å²) in [7, 11) is 0. The molecule has 2 heterocycles. The second-order valence-electron chi connectivity index (χ2n) is 8.31. The first-order valence-electron chi connectivity index (χ1n) is 10.8. The molecule has 1 saturated carbocycles.